The van der Waals surface area contributed by atoms with Crippen molar-refractivity contribution in [3.63, 3.8) is 0 Å². The van der Waals surface area contributed by atoms with Crippen molar-refractivity contribution in [2.24, 2.45) is 5.92 Å². The Morgan fingerprint density at radius 2 is 1.76 bits per heavy atom. The molecular weight excluding hydrogens is 674 g/mol. The minimum Gasteiger partial charge on any atom is -0.497 e. The Morgan fingerprint density at radius 3 is 2.41 bits per heavy atom. The summed E-state index contributed by atoms with van der Waals surface area (Å²) >= 11 is 0. The number of alkyl carbamates (subject to hydrolysis) is 1. The van der Waals surface area contributed by atoms with E-state index >= 15 is 4.39 Å². The van der Waals surface area contributed by atoms with Gasteiger partial charge in [0.05, 0.1) is 31.1 Å². The summed E-state index contributed by atoms with van der Waals surface area (Å²) < 4.78 is 68.0. The van der Waals surface area contributed by atoms with Gasteiger partial charge in [-0.1, -0.05) is 43.7 Å². The second kappa shape index (κ2) is 16.0. The number of anilines is 1. The molecule has 0 bridgehead atoms. The van der Waals surface area contributed by atoms with E-state index in [2.05, 4.69) is 15.7 Å². The minimum absolute atomic E-state index is 0.0187. The lowest BCUT2D eigenvalue weighted by molar-refractivity contribution is -0.141. The molecule has 5 rings (SSSR count). The quantitative estimate of drug-likeness (QED) is 0.0898. The molecule has 1 unspecified atom stereocenters. The number of nitrogens with zero attached hydrogens (tertiary/aromatic N) is 3. The van der Waals surface area contributed by atoms with Gasteiger partial charge in [0.2, 0.25) is 0 Å². The van der Waals surface area contributed by atoms with Gasteiger partial charge in [0.25, 0.3) is 5.91 Å². The summed E-state index contributed by atoms with van der Waals surface area (Å²) in [4.78, 5) is 39.4. The first-order valence-electron chi connectivity index (χ1n) is 16.3. The van der Waals surface area contributed by atoms with Crippen LogP contribution >= 0.6 is 0 Å². The van der Waals surface area contributed by atoms with E-state index in [-0.39, 0.29) is 37.0 Å². The fourth-order valence-corrected chi connectivity index (χ4v) is 5.42. The molecule has 3 N–H and O–H groups in total. The molecule has 1 aromatic heterocycles. The molecule has 0 aliphatic heterocycles. The van der Waals surface area contributed by atoms with Crippen LogP contribution in [0.15, 0.2) is 72.8 Å². The maximum absolute atomic E-state index is 15.3. The summed E-state index contributed by atoms with van der Waals surface area (Å²) in [6.07, 6.45) is -3.53. The number of carbonyl (C=O) groups is 3. The van der Waals surface area contributed by atoms with E-state index in [4.69, 9.17) is 9.47 Å². The summed E-state index contributed by atoms with van der Waals surface area (Å²) in [6.45, 7) is 2.38. The first-order chi connectivity index (χ1) is 24.4. The lowest BCUT2D eigenvalue weighted by Gasteiger charge is -2.31. The number of alkyl halides is 3. The zero-order chi connectivity index (χ0) is 36.7. The van der Waals surface area contributed by atoms with Crippen LogP contribution in [0.3, 0.4) is 0 Å². The molecule has 11 nitrogen and oxygen atoms in total. The Hall–Kier alpha value is -5.60. The van der Waals surface area contributed by atoms with Gasteiger partial charge in [0.15, 0.2) is 5.69 Å². The van der Waals surface area contributed by atoms with E-state index < -0.39 is 47.5 Å². The number of rotatable bonds is 14. The van der Waals surface area contributed by atoms with Gasteiger partial charge in [-0.2, -0.15) is 18.3 Å². The smallest absolute Gasteiger partial charge is 0.435 e. The van der Waals surface area contributed by atoms with Crippen LogP contribution in [-0.2, 0) is 17.5 Å². The molecule has 270 valence electrons. The molecule has 0 radical (unpaired) electrons. The van der Waals surface area contributed by atoms with Crippen LogP contribution < -0.4 is 15.4 Å². The van der Waals surface area contributed by atoms with E-state index in [1.165, 1.54) is 42.3 Å². The highest BCUT2D eigenvalue weighted by atomic mass is 19.4. The molecule has 51 heavy (non-hydrogen) atoms. The number of aromatic nitrogens is 2. The van der Waals surface area contributed by atoms with E-state index in [9.17, 15) is 32.7 Å². The number of methoxy groups -OCH3 is 1. The number of unbranched alkanes of at least 4 members (excludes halogenated alkanes) is 1. The predicted octanol–water partition coefficient (Wildman–Crippen LogP) is 7.80. The fraction of sp³-hybridized carbons (Fsp3) is 0.333. The number of carbonyl (C=O) groups excluding carboxylic acids is 2. The van der Waals surface area contributed by atoms with Crippen molar-refractivity contribution in [1.82, 2.24) is 20.0 Å². The first kappa shape index (κ1) is 36.7. The zero-order valence-corrected chi connectivity index (χ0v) is 27.9. The SMILES string of the molecule is CCCCOC(=O)NCc1cccc(-n2nc(C(F)(F)F)cc2C(=O)Nc2cc(C(c3ccc(OC)cc3)N(CC3CC3)C(=O)O)ccc2F)c1. The molecule has 15 heteroatoms. The Balaban J connectivity index is 1.46. The van der Waals surface area contributed by atoms with Crippen LogP contribution in [0.25, 0.3) is 5.69 Å². The molecular formula is C36H37F4N5O6. The normalized spacial score (nSPS) is 13.3. The molecule has 1 aliphatic carbocycles. The number of nitrogens with one attached hydrogen (secondary N) is 2. The van der Waals surface area contributed by atoms with Gasteiger partial charge < -0.3 is 25.2 Å². The molecule has 1 fully saturated rings. The summed E-state index contributed by atoms with van der Waals surface area (Å²) in [5.41, 5.74) is -0.871. The van der Waals surface area contributed by atoms with Crippen molar-refractivity contribution in [3.8, 4) is 11.4 Å². The van der Waals surface area contributed by atoms with Crippen LogP contribution in [0.4, 0.5) is 32.8 Å². The molecule has 1 aliphatic rings. The van der Waals surface area contributed by atoms with Gasteiger partial charge >= 0.3 is 18.4 Å². The number of hydrogen-bond donors (Lipinski definition) is 3. The number of halogens is 4. The van der Waals surface area contributed by atoms with Gasteiger partial charge in [-0.25, -0.2) is 18.7 Å². The maximum Gasteiger partial charge on any atom is 0.435 e. The molecule has 0 spiro atoms. The average Bonchev–Trinajstić information content (AvgIpc) is 3.81. The summed E-state index contributed by atoms with van der Waals surface area (Å²) in [5, 5.41) is 18.8. The van der Waals surface area contributed by atoms with Gasteiger partial charge in [-0.15, -0.1) is 0 Å². The molecule has 1 saturated carbocycles. The summed E-state index contributed by atoms with van der Waals surface area (Å²) in [7, 11) is 1.49. The topological polar surface area (TPSA) is 135 Å². The fourth-order valence-electron chi connectivity index (χ4n) is 5.42. The number of benzene rings is 3. The number of amides is 3. The van der Waals surface area contributed by atoms with Crippen molar-refractivity contribution in [3.05, 3.63) is 107 Å². The third-order valence-corrected chi connectivity index (χ3v) is 8.25. The number of hydrogen-bond acceptors (Lipinski definition) is 6. The highest BCUT2D eigenvalue weighted by molar-refractivity contribution is 6.03. The Kier molecular flexibility index (Phi) is 11.5. The van der Waals surface area contributed by atoms with Crippen LogP contribution in [0.5, 0.6) is 5.75 Å². The van der Waals surface area contributed by atoms with Crippen molar-refractivity contribution >= 4 is 23.8 Å². The third kappa shape index (κ3) is 9.35. The van der Waals surface area contributed by atoms with Gasteiger partial charge in [0.1, 0.15) is 17.3 Å². The Labute approximate surface area is 291 Å². The van der Waals surface area contributed by atoms with Crippen molar-refractivity contribution < 1.29 is 46.5 Å². The average molecular weight is 712 g/mol. The van der Waals surface area contributed by atoms with Crippen LogP contribution in [0.1, 0.15) is 71.5 Å². The van der Waals surface area contributed by atoms with Crippen LogP contribution in [0, 0.1) is 11.7 Å². The lowest BCUT2D eigenvalue weighted by Crippen LogP contribution is -2.36. The molecule has 3 amide bonds. The minimum atomic E-state index is -4.92. The predicted molar refractivity (Wildman–Crippen MR) is 178 cm³/mol. The molecule has 0 saturated heterocycles. The first-order valence-corrected chi connectivity index (χ1v) is 16.3. The maximum atomic E-state index is 15.3. The van der Waals surface area contributed by atoms with Gasteiger partial charge in [0, 0.05) is 19.2 Å². The molecule has 3 aromatic carbocycles. The van der Waals surface area contributed by atoms with E-state index in [0.29, 0.717) is 34.9 Å². The lowest BCUT2D eigenvalue weighted by atomic mass is 9.96. The highest BCUT2D eigenvalue weighted by Crippen LogP contribution is 2.37. The monoisotopic (exact) mass is 711 g/mol. The summed E-state index contributed by atoms with van der Waals surface area (Å²) in [5.74, 6) is -1.30. The van der Waals surface area contributed by atoms with Crippen LogP contribution in [0.2, 0.25) is 0 Å². The summed E-state index contributed by atoms with van der Waals surface area (Å²) in [6, 6.07) is 16.1. The Morgan fingerprint density at radius 1 is 1.04 bits per heavy atom. The van der Waals surface area contributed by atoms with Crippen LogP contribution in [-0.4, -0.2) is 58.1 Å². The second-order valence-corrected chi connectivity index (χ2v) is 12.1. The number of ether oxygens (including phenoxy) is 2. The molecule has 1 atom stereocenters. The number of carboxylic acid groups (broad SMARTS) is 1. The Bertz CT molecular complexity index is 1860. The molecule has 4 aromatic rings. The van der Waals surface area contributed by atoms with Crippen molar-refractivity contribution in [2.75, 3.05) is 25.6 Å². The second-order valence-electron chi connectivity index (χ2n) is 12.1. The van der Waals surface area contributed by atoms with Crippen molar-refractivity contribution in [2.45, 2.75) is 51.4 Å². The van der Waals surface area contributed by atoms with Crippen molar-refractivity contribution in [1.29, 1.82) is 0 Å². The standard InChI is InChI=1S/C36H37F4N5O6/c1-3-4-16-51-34(47)41-20-23-6-5-7-26(17-23)45-30(19-31(43-45)36(38,39)40)33(46)42-29-18-25(12-15-28(29)37)32(24-10-13-27(50-2)14-11-24)44(35(48)49)21-22-8-9-22/h5-7,10-15,17-19,22,32H,3-4,8-9,16,20-21H2,1-2H3,(H,41,47)(H,42,46)(H,48,49). The largest absolute Gasteiger partial charge is 0.497 e. The third-order valence-electron chi connectivity index (χ3n) is 8.25. The van der Waals surface area contributed by atoms with Gasteiger partial charge in [-0.05, 0) is 78.3 Å². The van der Waals surface area contributed by atoms with E-state index in [1.54, 1.807) is 30.3 Å². The highest BCUT2D eigenvalue weighted by Gasteiger charge is 2.37. The zero-order valence-electron chi connectivity index (χ0n) is 27.9. The van der Waals surface area contributed by atoms with E-state index in [0.717, 1.165) is 30.0 Å². The molecule has 1 heterocycles. The van der Waals surface area contributed by atoms with Gasteiger partial charge in [-0.3, -0.25) is 9.69 Å². The van der Waals surface area contributed by atoms with E-state index in [1.807, 2.05) is 6.92 Å².